The number of benzene rings is 3. The van der Waals surface area contributed by atoms with Crippen molar-refractivity contribution < 1.29 is 4.43 Å². The van der Waals surface area contributed by atoms with Crippen LogP contribution in [0, 0.1) is 0 Å². The van der Waals surface area contributed by atoms with Crippen LogP contribution < -0.4 is 16.1 Å². The fourth-order valence-electron chi connectivity index (χ4n) is 3.77. The topological polar surface area (TPSA) is 35.2 Å². The molecule has 27 heavy (non-hydrogen) atoms. The molecule has 0 heterocycles. The standard InChI is InChI=1S/C24H29NOSi/c1-24(2,3)27(21-15-9-5-10-16-21,22-17-11-6-12-18-22)26-19-23(25)20-13-7-4-8-14-20/h4-18,23H,19,25H2,1-3H3/t23-/m1/s1. The maximum atomic E-state index is 6.90. The molecule has 0 amide bonds. The second-order valence-corrected chi connectivity index (χ2v) is 12.3. The normalized spacial score (nSPS) is 13.3. The van der Waals surface area contributed by atoms with E-state index in [-0.39, 0.29) is 11.1 Å². The molecule has 0 spiro atoms. The summed E-state index contributed by atoms with van der Waals surface area (Å²) in [6, 6.07) is 31.4. The lowest BCUT2D eigenvalue weighted by Gasteiger charge is -2.43. The van der Waals surface area contributed by atoms with Crippen LogP contribution >= 0.6 is 0 Å². The second kappa shape index (κ2) is 8.22. The predicted molar refractivity (Wildman–Crippen MR) is 117 cm³/mol. The first-order valence-corrected chi connectivity index (χ1v) is 11.4. The molecular weight excluding hydrogens is 346 g/mol. The lowest BCUT2D eigenvalue weighted by molar-refractivity contribution is 0.273. The summed E-state index contributed by atoms with van der Waals surface area (Å²) in [5.41, 5.74) is 7.61. The Morgan fingerprint density at radius 2 is 1.15 bits per heavy atom. The Labute approximate surface area is 164 Å². The SMILES string of the molecule is CC(C)(C)[Si](OC[C@@H](N)c1ccccc1)(c1ccccc1)c1ccccc1. The molecule has 3 aromatic rings. The van der Waals surface area contributed by atoms with E-state index in [9.17, 15) is 0 Å². The molecule has 0 fully saturated rings. The van der Waals surface area contributed by atoms with Crippen LogP contribution in [-0.2, 0) is 4.43 Å². The minimum atomic E-state index is -2.52. The smallest absolute Gasteiger partial charge is 0.261 e. The quantitative estimate of drug-likeness (QED) is 0.653. The third kappa shape index (κ3) is 4.06. The van der Waals surface area contributed by atoms with Crippen molar-refractivity contribution in [3.63, 3.8) is 0 Å². The minimum absolute atomic E-state index is 0.0356. The summed E-state index contributed by atoms with van der Waals surface area (Å²) >= 11 is 0. The molecular formula is C24H29NOSi. The van der Waals surface area contributed by atoms with E-state index in [1.807, 2.05) is 18.2 Å². The zero-order valence-corrected chi connectivity index (χ0v) is 17.4. The number of rotatable bonds is 6. The highest BCUT2D eigenvalue weighted by Gasteiger charge is 2.50. The molecule has 0 aliphatic rings. The maximum absolute atomic E-state index is 6.90. The van der Waals surface area contributed by atoms with Gasteiger partial charge in [-0.05, 0) is 21.0 Å². The van der Waals surface area contributed by atoms with E-state index in [1.54, 1.807) is 0 Å². The van der Waals surface area contributed by atoms with Crippen molar-refractivity contribution in [1.82, 2.24) is 0 Å². The van der Waals surface area contributed by atoms with Gasteiger partial charge in [-0.1, -0.05) is 112 Å². The van der Waals surface area contributed by atoms with Crippen molar-refractivity contribution in [3.05, 3.63) is 96.6 Å². The molecule has 0 aromatic heterocycles. The number of hydrogen-bond donors (Lipinski definition) is 1. The van der Waals surface area contributed by atoms with Gasteiger partial charge in [-0.25, -0.2) is 0 Å². The highest BCUT2D eigenvalue weighted by Crippen LogP contribution is 2.37. The van der Waals surface area contributed by atoms with Crippen LogP contribution in [0.5, 0.6) is 0 Å². The van der Waals surface area contributed by atoms with Crippen LogP contribution in [0.3, 0.4) is 0 Å². The van der Waals surface area contributed by atoms with E-state index < -0.39 is 8.32 Å². The van der Waals surface area contributed by atoms with Crippen LogP contribution in [0.15, 0.2) is 91.0 Å². The highest BCUT2D eigenvalue weighted by atomic mass is 28.4. The van der Waals surface area contributed by atoms with Crippen molar-refractivity contribution in [1.29, 1.82) is 0 Å². The summed E-state index contributed by atoms with van der Waals surface area (Å²) in [6.45, 7) is 7.35. The van der Waals surface area contributed by atoms with Gasteiger partial charge in [0.05, 0.1) is 12.6 Å². The van der Waals surface area contributed by atoms with Gasteiger partial charge in [0.1, 0.15) is 0 Å². The fraction of sp³-hybridized carbons (Fsp3) is 0.250. The van der Waals surface area contributed by atoms with Gasteiger partial charge in [0.15, 0.2) is 0 Å². The molecule has 0 radical (unpaired) electrons. The van der Waals surface area contributed by atoms with E-state index in [4.69, 9.17) is 10.2 Å². The monoisotopic (exact) mass is 375 g/mol. The van der Waals surface area contributed by atoms with Crippen LogP contribution in [0.25, 0.3) is 0 Å². The van der Waals surface area contributed by atoms with E-state index >= 15 is 0 Å². The molecule has 0 unspecified atom stereocenters. The van der Waals surface area contributed by atoms with Crippen molar-refractivity contribution >= 4 is 18.7 Å². The van der Waals surface area contributed by atoms with Gasteiger partial charge in [0.25, 0.3) is 8.32 Å². The lowest BCUT2D eigenvalue weighted by Crippen LogP contribution is -2.67. The first kappa shape index (κ1) is 19.6. The molecule has 3 aromatic carbocycles. The molecule has 0 aliphatic carbocycles. The Kier molecular flexibility index (Phi) is 5.95. The average Bonchev–Trinajstić information content (AvgIpc) is 2.69. The molecule has 3 rings (SSSR count). The van der Waals surface area contributed by atoms with Crippen LogP contribution in [0.2, 0.25) is 5.04 Å². The zero-order chi connectivity index (χ0) is 19.3. The molecule has 0 aliphatic heterocycles. The van der Waals surface area contributed by atoms with Crippen LogP contribution in [0.4, 0.5) is 0 Å². The van der Waals surface area contributed by atoms with Crippen molar-refractivity contribution in [3.8, 4) is 0 Å². The number of nitrogens with two attached hydrogens (primary N) is 1. The highest BCUT2D eigenvalue weighted by molar-refractivity contribution is 6.99. The van der Waals surface area contributed by atoms with E-state index in [2.05, 4.69) is 93.6 Å². The summed E-state index contributed by atoms with van der Waals surface area (Å²) in [5.74, 6) is 0. The van der Waals surface area contributed by atoms with Gasteiger partial charge in [-0.3, -0.25) is 0 Å². The molecule has 3 heteroatoms. The molecule has 1 atom stereocenters. The van der Waals surface area contributed by atoms with Gasteiger partial charge in [-0.2, -0.15) is 0 Å². The van der Waals surface area contributed by atoms with Crippen molar-refractivity contribution in [2.75, 3.05) is 6.61 Å². The summed E-state index contributed by atoms with van der Waals surface area (Å²) in [5, 5.41) is 2.53. The Morgan fingerprint density at radius 3 is 1.56 bits per heavy atom. The molecule has 2 N–H and O–H groups in total. The summed E-state index contributed by atoms with van der Waals surface area (Å²) < 4.78 is 6.90. The molecule has 140 valence electrons. The largest absolute Gasteiger partial charge is 0.405 e. The number of hydrogen-bond acceptors (Lipinski definition) is 2. The van der Waals surface area contributed by atoms with Crippen molar-refractivity contribution in [2.45, 2.75) is 31.9 Å². The Bertz CT molecular complexity index is 789. The lowest BCUT2D eigenvalue weighted by atomic mass is 10.1. The second-order valence-electron chi connectivity index (χ2n) is 7.99. The zero-order valence-electron chi connectivity index (χ0n) is 16.4. The molecule has 2 nitrogen and oxygen atoms in total. The Hall–Kier alpha value is -2.20. The van der Waals surface area contributed by atoms with E-state index in [0.29, 0.717) is 6.61 Å². The van der Waals surface area contributed by atoms with Gasteiger partial charge < -0.3 is 10.2 Å². The van der Waals surface area contributed by atoms with Gasteiger partial charge in [-0.15, -0.1) is 0 Å². The van der Waals surface area contributed by atoms with Gasteiger partial charge >= 0.3 is 0 Å². The summed E-state index contributed by atoms with van der Waals surface area (Å²) in [4.78, 5) is 0. The summed E-state index contributed by atoms with van der Waals surface area (Å²) in [7, 11) is -2.52. The third-order valence-corrected chi connectivity index (χ3v) is 10.1. The molecule has 0 saturated carbocycles. The first-order valence-electron chi connectivity index (χ1n) is 9.51. The predicted octanol–water partition coefficient (Wildman–Crippen LogP) is 4.26. The van der Waals surface area contributed by atoms with Crippen molar-refractivity contribution in [2.24, 2.45) is 5.73 Å². The van der Waals surface area contributed by atoms with Crippen LogP contribution in [-0.4, -0.2) is 14.9 Å². The Morgan fingerprint density at radius 1 is 0.741 bits per heavy atom. The van der Waals surface area contributed by atoms with E-state index in [1.165, 1.54) is 10.4 Å². The maximum Gasteiger partial charge on any atom is 0.261 e. The third-order valence-electron chi connectivity index (χ3n) is 5.12. The minimum Gasteiger partial charge on any atom is -0.405 e. The van der Waals surface area contributed by atoms with Gasteiger partial charge in [0.2, 0.25) is 0 Å². The fourth-order valence-corrected chi connectivity index (χ4v) is 8.36. The molecule has 0 bridgehead atoms. The van der Waals surface area contributed by atoms with Crippen LogP contribution in [0.1, 0.15) is 32.4 Å². The average molecular weight is 376 g/mol. The summed E-state index contributed by atoms with van der Waals surface area (Å²) in [6.07, 6.45) is 0. The molecule has 0 saturated heterocycles. The van der Waals surface area contributed by atoms with Gasteiger partial charge in [0, 0.05) is 0 Å². The Balaban J connectivity index is 2.04. The van der Waals surface area contributed by atoms with E-state index in [0.717, 1.165) is 5.56 Å². The first-order chi connectivity index (χ1) is 12.9.